The van der Waals surface area contributed by atoms with Gasteiger partial charge in [-0.25, -0.2) is 4.98 Å². The highest BCUT2D eigenvalue weighted by Crippen LogP contribution is 2.29. The van der Waals surface area contributed by atoms with Crippen LogP contribution in [0.3, 0.4) is 0 Å². The van der Waals surface area contributed by atoms with Crippen molar-refractivity contribution in [2.75, 3.05) is 0 Å². The number of hydrogen-bond donors (Lipinski definition) is 0. The van der Waals surface area contributed by atoms with Crippen LogP contribution in [0.25, 0.3) is 0 Å². The molecule has 1 heterocycles. The van der Waals surface area contributed by atoms with E-state index in [2.05, 4.69) is 64.1 Å². The van der Waals surface area contributed by atoms with Crippen molar-refractivity contribution >= 4 is 35.4 Å². The molecule has 3 nitrogen and oxygen atoms in total. The number of aromatic nitrogens is 1. The molecular weight excluding hydrogens is 498 g/mol. The molecule has 0 bridgehead atoms. The van der Waals surface area contributed by atoms with Crippen molar-refractivity contribution in [3.05, 3.63) is 87.2 Å². The molecule has 0 N–H and O–H groups in total. The van der Waals surface area contributed by atoms with Gasteiger partial charge in [-0.05, 0) is 85.8 Å². The number of unbranched alkanes of at least 4 members (excludes halogenated alkanes) is 4. The third-order valence-corrected chi connectivity index (χ3v) is 7.30. The molecule has 0 unspecified atom stereocenters. The zero-order valence-electron chi connectivity index (χ0n) is 24.5. The van der Waals surface area contributed by atoms with E-state index in [1.807, 2.05) is 24.6 Å². The Hall–Kier alpha value is -2.78. The summed E-state index contributed by atoms with van der Waals surface area (Å²) in [5.41, 5.74) is 8.95. The number of pyridine rings is 1. The molecule has 0 aliphatic carbocycles. The lowest BCUT2D eigenvalue weighted by Crippen LogP contribution is -1.97. The van der Waals surface area contributed by atoms with Gasteiger partial charge in [0.1, 0.15) is 0 Å². The second-order valence-electron chi connectivity index (χ2n) is 10.4. The van der Waals surface area contributed by atoms with Crippen LogP contribution >= 0.6 is 11.6 Å². The van der Waals surface area contributed by atoms with Gasteiger partial charge in [0.05, 0.1) is 35.2 Å². The maximum absolute atomic E-state index is 6.55. The molecule has 0 saturated heterocycles. The van der Waals surface area contributed by atoms with Crippen LogP contribution in [0.1, 0.15) is 113 Å². The fourth-order valence-corrected chi connectivity index (χ4v) is 5.05. The predicted octanol–water partition coefficient (Wildman–Crippen LogP) is 10.6. The zero-order valence-corrected chi connectivity index (χ0v) is 25.2. The first-order valence-electron chi connectivity index (χ1n) is 15.1. The third kappa shape index (κ3) is 9.72. The lowest BCUT2D eigenvalue weighted by Gasteiger charge is -2.11. The first-order valence-corrected chi connectivity index (χ1v) is 15.4. The molecule has 0 aliphatic rings. The lowest BCUT2D eigenvalue weighted by atomic mass is 9.99. The van der Waals surface area contributed by atoms with Crippen molar-refractivity contribution in [1.82, 2.24) is 4.98 Å². The van der Waals surface area contributed by atoms with Crippen molar-refractivity contribution in [2.24, 2.45) is 9.98 Å². The van der Waals surface area contributed by atoms with Gasteiger partial charge in [0, 0.05) is 5.02 Å². The molecule has 0 fully saturated rings. The standard InChI is InChI=1S/C35H46ClN3/c1-5-9-15-27-19-13-20-28(16-10-6-2)34(27)37-25-32-23-31(36)24-33(39-32)26-38-35-29(17-11-7-3)21-14-22-30(35)18-12-8-4/h13-14,19-26H,5-12,15-18H2,1-4H3. The normalized spacial score (nSPS) is 11.7. The van der Waals surface area contributed by atoms with Gasteiger partial charge in [0.15, 0.2) is 0 Å². The molecule has 0 aliphatic heterocycles. The van der Waals surface area contributed by atoms with Crippen molar-refractivity contribution in [3.63, 3.8) is 0 Å². The second kappa shape index (κ2) is 17.0. The van der Waals surface area contributed by atoms with E-state index in [4.69, 9.17) is 26.6 Å². The van der Waals surface area contributed by atoms with Crippen LogP contribution < -0.4 is 0 Å². The van der Waals surface area contributed by atoms with Gasteiger partial charge < -0.3 is 0 Å². The molecule has 4 heteroatoms. The number of hydrogen-bond acceptors (Lipinski definition) is 3. The maximum Gasteiger partial charge on any atom is 0.0835 e. The van der Waals surface area contributed by atoms with Gasteiger partial charge in [0.25, 0.3) is 0 Å². The van der Waals surface area contributed by atoms with Crippen LogP contribution in [0, 0.1) is 0 Å². The summed E-state index contributed by atoms with van der Waals surface area (Å²) in [7, 11) is 0. The molecular formula is C35H46ClN3. The average Bonchev–Trinajstić information content (AvgIpc) is 2.95. The second-order valence-corrected chi connectivity index (χ2v) is 10.9. The Balaban J connectivity index is 1.93. The highest BCUT2D eigenvalue weighted by Gasteiger charge is 2.09. The summed E-state index contributed by atoms with van der Waals surface area (Å²) < 4.78 is 0. The SMILES string of the molecule is CCCCc1cccc(CCCC)c1N=Cc1cc(Cl)cc(C=Nc2c(CCCC)cccc2CCCC)n1. The zero-order chi connectivity index (χ0) is 27.9. The smallest absolute Gasteiger partial charge is 0.0835 e. The first kappa shape index (κ1) is 30.8. The summed E-state index contributed by atoms with van der Waals surface area (Å²) in [6, 6.07) is 17.0. The number of halogens is 1. The summed E-state index contributed by atoms with van der Waals surface area (Å²) in [5, 5.41) is 0.642. The first-order chi connectivity index (χ1) is 19.1. The third-order valence-electron chi connectivity index (χ3n) is 7.09. The molecule has 208 valence electrons. The average molecular weight is 544 g/mol. The molecule has 2 aromatic carbocycles. The quantitative estimate of drug-likeness (QED) is 0.165. The van der Waals surface area contributed by atoms with Crippen LogP contribution in [-0.2, 0) is 25.7 Å². The summed E-state index contributed by atoms with van der Waals surface area (Å²) >= 11 is 6.55. The van der Waals surface area contributed by atoms with Crippen LogP contribution in [0.5, 0.6) is 0 Å². The minimum atomic E-state index is 0.642. The largest absolute Gasteiger partial charge is 0.254 e. The van der Waals surface area contributed by atoms with Crippen LogP contribution in [0.2, 0.25) is 5.02 Å². The Morgan fingerprint density at radius 2 is 0.923 bits per heavy atom. The molecule has 3 aromatic rings. The number of aryl methyl sites for hydroxylation is 4. The molecule has 0 amide bonds. The Kier molecular flexibility index (Phi) is 13.4. The fourth-order valence-electron chi connectivity index (χ4n) is 4.83. The molecule has 39 heavy (non-hydrogen) atoms. The van der Waals surface area contributed by atoms with Crippen LogP contribution in [0.4, 0.5) is 11.4 Å². The molecule has 0 saturated carbocycles. The predicted molar refractivity (Wildman–Crippen MR) is 171 cm³/mol. The van der Waals surface area contributed by atoms with E-state index in [1.165, 1.54) is 47.9 Å². The van der Waals surface area contributed by atoms with E-state index in [1.54, 1.807) is 0 Å². The van der Waals surface area contributed by atoms with Gasteiger partial charge in [-0.1, -0.05) is 101 Å². The van der Waals surface area contributed by atoms with Crippen molar-refractivity contribution < 1.29 is 0 Å². The minimum absolute atomic E-state index is 0.642. The molecule has 1 aromatic heterocycles. The van der Waals surface area contributed by atoms with E-state index in [-0.39, 0.29) is 0 Å². The fraction of sp³-hybridized carbons (Fsp3) is 0.457. The Bertz CT molecular complexity index is 1080. The molecule has 0 atom stereocenters. The van der Waals surface area contributed by atoms with E-state index in [0.717, 1.165) is 74.1 Å². The van der Waals surface area contributed by atoms with Crippen molar-refractivity contribution in [2.45, 2.75) is 105 Å². The summed E-state index contributed by atoms with van der Waals surface area (Å²) in [6.07, 6.45) is 17.2. The van der Waals surface area contributed by atoms with Crippen LogP contribution in [0.15, 0.2) is 58.5 Å². The van der Waals surface area contributed by atoms with Crippen molar-refractivity contribution in [3.8, 4) is 0 Å². The van der Waals surface area contributed by atoms with Gasteiger partial charge >= 0.3 is 0 Å². The minimum Gasteiger partial charge on any atom is -0.254 e. The Morgan fingerprint density at radius 1 is 0.590 bits per heavy atom. The molecule has 0 radical (unpaired) electrons. The van der Waals surface area contributed by atoms with Gasteiger partial charge in [-0.15, -0.1) is 0 Å². The van der Waals surface area contributed by atoms with Gasteiger partial charge in [-0.3, -0.25) is 9.98 Å². The van der Waals surface area contributed by atoms with E-state index in [9.17, 15) is 0 Å². The Morgan fingerprint density at radius 3 is 1.23 bits per heavy atom. The summed E-state index contributed by atoms with van der Waals surface area (Å²) in [5.74, 6) is 0. The van der Waals surface area contributed by atoms with E-state index < -0.39 is 0 Å². The number of rotatable bonds is 16. The maximum atomic E-state index is 6.55. The van der Waals surface area contributed by atoms with Crippen LogP contribution in [-0.4, -0.2) is 17.4 Å². The number of para-hydroxylation sites is 2. The molecule has 3 rings (SSSR count). The Labute approximate surface area is 241 Å². The van der Waals surface area contributed by atoms with Crippen molar-refractivity contribution in [1.29, 1.82) is 0 Å². The van der Waals surface area contributed by atoms with E-state index in [0.29, 0.717) is 5.02 Å². The van der Waals surface area contributed by atoms with E-state index >= 15 is 0 Å². The summed E-state index contributed by atoms with van der Waals surface area (Å²) in [4.78, 5) is 14.8. The summed E-state index contributed by atoms with van der Waals surface area (Å²) in [6.45, 7) is 8.94. The highest BCUT2D eigenvalue weighted by molar-refractivity contribution is 6.31. The van der Waals surface area contributed by atoms with Gasteiger partial charge in [0.2, 0.25) is 0 Å². The number of benzene rings is 2. The lowest BCUT2D eigenvalue weighted by molar-refractivity contribution is 0.781. The monoisotopic (exact) mass is 543 g/mol. The highest BCUT2D eigenvalue weighted by atomic mass is 35.5. The topological polar surface area (TPSA) is 37.6 Å². The number of nitrogens with zero attached hydrogens (tertiary/aromatic N) is 3. The molecule has 0 spiro atoms. The number of aliphatic imine (C=N–C) groups is 2. The van der Waals surface area contributed by atoms with Gasteiger partial charge in [-0.2, -0.15) is 0 Å².